The van der Waals surface area contributed by atoms with Gasteiger partial charge in [0.2, 0.25) is 10.0 Å². The van der Waals surface area contributed by atoms with Crippen LogP contribution >= 0.6 is 11.6 Å². The molecule has 1 heterocycles. The summed E-state index contributed by atoms with van der Waals surface area (Å²) in [6.45, 7) is 0.241. The molecule has 1 aromatic heterocycles. The van der Waals surface area contributed by atoms with Crippen molar-refractivity contribution in [2.45, 2.75) is 11.3 Å². The lowest BCUT2D eigenvalue weighted by molar-refractivity contribution is 0.581. The quantitative estimate of drug-likeness (QED) is 0.825. The molecular formula is C13H14ClN3O2S. The van der Waals surface area contributed by atoms with Gasteiger partial charge in [-0.05, 0) is 30.3 Å². The SMILES string of the molecule is Nc1ccc(Cl)c(S(=O)(=O)NCCc2ccccn2)c1. The molecular weight excluding hydrogens is 298 g/mol. The first-order chi connectivity index (χ1) is 9.49. The first-order valence-electron chi connectivity index (χ1n) is 5.93. The van der Waals surface area contributed by atoms with Gasteiger partial charge in [-0.3, -0.25) is 4.98 Å². The molecule has 0 saturated carbocycles. The second-order valence-electron chi connectivity index (χ2n) is 4.16. The molecule has 0 aliphatic carbocycles. The minimum Gasteiger partial charge on any atom is -0.399 e. The van der Waals surface area contributed by atoms with E-state index in [-0.39, 0.29) is 16.5 Å². The zero-order valence-electron chi connectivity index (χ0n) is 10.6. The van der Waals surface area contributed by atoms with Gasteiger partial charge in [-0.2, -0.15) is 0 Å². The molecule has 2 aromatic rings. The van der Waals surface area contributed by atoms with Crippen molar-refractivity contribution in [3.8, 4) is 0 Å². The minimum absolute atomic E-state index is 0.0137. The molecule has 0 fully saturated rings. The van der Waals surface area contributed by atoms with Crippen LogP contribution in [0, 0.1) is 0 Å². The third-order valence-corrected chi connectivity index (χ3v) is 4.59. The number of hydrogen-bond donors (Lipinski definition) is 2. The van der Waals surface area contributed by atoms with E-state index in [4.69, 9.17) is 17.3 Å². The Labute approximate surface area is 122 Å². The van der Waals surface area contributed by atoms with Crippen LogP contribution in [0.1, 0.15) is 5.69 Å². The Morgan fingerprint density at radius 2 is 2.05 bits per heavy atom. The normalized spacial score (nSPS) is 11.4. The smallest absolute Gasteiger partial charge is 0.242 e. The summed E-state index contributed by atoms with van der Waals surface area (Å²) in [5.41, 5.74) is 6.74. The van der Waals surface area contributed by atoms with E-state index in [1.54, 1.807) is 18.3 Å². The highest BCUT2D eigenvalue weighted by molar-refractivity contribution is 7.89. The number of sulfonamides is 1. The maximum absolute atomic E-state index is 12.1. The summed E-state index contributed by atoms with van der Waals surface area (Å²) in [5.74, 6) is 0. The summed E-state index contributed by atoms with van der Waals surface area (Å²) in [7, 11) is -3.67. The van der Waals surface area contributed by atoms with Crippen LogP contribution < -0.4 is 10.5 Å². The number of benzene rings is 1. The molecule has 0 atom stereocenters. The Morgan fingerprint density at radius 1 is 1.25 bits per heavy atom. The lowest BCUT2D eigenvalue weighted by atomic mass is 10.3. The third-order valence-electron chi connectivity index (χ3n) is 2.64. The molecule has 0 unspecified atom stereocenters. The van der Waals surface area contributed by atoms with Crippen LogP contribution in [0.3, 0.4) is 0 Å². The zero-order valence-corrected chi connectivity index (χ0v) is 12.2. The van der Waals surface area contributed by atoms with Crippen LogP contribution in [0.15, 0.2) is 47.5 Å². The second kappa shape index (κ2) is 6.21. The molecule has 1 aromatic carbocycles. The Morgan fingerprint density at radius 3 is 2.75 bits per heavy atom. The van der Waals surface area contributed by atoms with Crippen molar-refractivity contribution in [3.05, 3.63) is 53.3 Å². The van der Waals surface area contributed by atoms with Crippen LogP contribution in [0.2, 0.25) is 5.02 Å². The first-order valence-corrected chi connectivity index (χ1v) is 7.80. The Bertz CT molecular complexity index is 690. The molecule has 0 bridgehead atoms. The number of rotatable bonds is 5. The van der Waals surface area contributed by atoms with Crippen molar-refractivity contribution < 1.29 is 8.42 Å². The van der Waals surface area contributed by atoms with E-state index in [0.717, 1.165) is 5.69 Å². The fraction of sp³-hybridized carbons (Fsp3) is 0.154. The average molecular weight is 312 g/mol. The maximum atomic E-state index is 12.1. The van der Waals surface area contributed by atoms with Crippen LogP contribution in [0.5, 0.6) is 0 Å². The van der Waals surface area contributed by atoms with Gasteiger partial charge in [-0.25, -0.2) is 13.1 Å². The van der Waals surface area contributed by atoms with E-state index in [1.807, 2.05) is 12.1 Å². The first kappa shape index (κ1) is 14.8. The fourth-order valence-electron chi connectivity index (χ4n) is 1.66. The van der Waals surface area contributed by atoms with Crippen molar-refractivity contribution in [2.24, 2.45) is 0 Å². The number of hydrogen-bond acceptors (Lipinski definition) is 4. The van der Waals surface area contributed by atoms with Crippen LogP contribution in [-0.4, -0.2) is 19.9 Å². The number of nitrogens with zero attached hydrogens (tertiary/aromatic N) is 1. The van der Waals surface area contributed by atoms with Crippen molar-refractivity contribution in [3.63, 3.8) is 0 Å². The highest BCUT2D eigenvalue weighted by atomic mass is 35.5. The standard InChI is InChI=1S/C13H14ClN3O2S/c14-12-5-4-10(15)9-13(12)20(18,19)17-8-6-11-3-1-2-7-16-11/h1-5,7,9,17H,6,8,15H2. The predicted octanol–water partition coefficient (Wildman–Crippen LogP) is 1.84. The highest BCUT2D eigenvalue weighted by Gasteiger charge is 2.17. The number of aromatic nitrogens is 1. The van der Waals surface area contributed by atoms with E-state index >= 15 is 0 Å². The summed E-state index contributed by atoms with van der Waals surface area (Å²) >= 11 is 5.89. The molecule has 0 aliphatic rings. The van der Waals surface area contributed by atoms with Gasteiger partial charge in [0.05, 0.1) is 5.02 Å². The van der Waals surface area contributed by atoms with Gasteiger partial charge in [-0.1, -0.05) is 17.7 Å². The van der Waals surface area contributed by atoms with Gasteiger partial charge >= 0.3 is 0 Å². The molecule has 0 saturated heterocycles. The third kappa shape index (κ3) is 3.69. The topological polar surface area (TPSA) is 85.1 Å². The summed E-state index contributed by atoms with van der Waals surface area (Å²) < 4.78 is 26.7. The number of nitrogens with two attached hydrogens (primary N) is 1. The van der Waals surface area contributed by atoms with Gasteiger partial charge in [0.15, 0.2) is 0 Å². The van der Waals surface area contributed by atoms with Crippen LogP contribution in [0.25, 0.3) is 0 Å². The summed E-state index contributed by atoms with van der Waals surface area (Å²) in [4.78, 5) is 4.11. The summed E-state index contributed by atoms with van der Waals surface area (Å²) in [5, 5.41) is 0.143. The van der Waals surface area contributed by atoms with E-state index in [0.29, 0.717) is 12.1 Å². The van der Waals surface area contributed by atoms with Gasteiger partial charge in [0.25, 0.3) is 0 Å². The van der Waals surface area contributed by atoms with Crippen molar-refractivity contribution in [1.82, 2.24) is 9.71 Å². The monoisotopic (exact) mass is 311 g/mol. The van der Waals surface area contributed by atoms with Gasteiger partial charge in [0.1, 0.15) is 4.90 Å². The van der Waals surface area contributed by atoms with Crippen molar-refractivity contribution >= 4 is 27.3 Å². The number of pyridine rings is 1. The molecule has 0 spiro atoms. The zero-order chi connectivity index (χ0) is 14.6. The van der Waals surface area contributed by atoms with Gasteiger partial charge in [0, 0.05) is 30.5 Å². The molecule has 0 aliphatic heterocycles. The van der Waals surface area contributed by atoms with E-state index in [1.165, 1.54) is 12.1 Å². The van der Waals surface area contributed by atoms with E-state index in [9.17, 15) is 8.42 Å². The lowest BCUT2D eigenvalue weighted by Gasteiger charge is -2.08. The van der Waals surface area contributed by atoms with Gasteiger partial charge < -0.3 is 5.73 Å². The summed E-state index contributed by atoms with van der Waals surface area (Å²) in [6, 6.07) is 9.85. The number of halogens is 1. The Hall–Kier alpha value is -1.63. The molecule has 106 valence electrons. The van der Waals surface area contributed by atoms with Crippen LogP contribution in [-0.2, 0) is 16.4 Å². The predicted molar refractivity (Wildman–Crippen MR) is 79.0 cm³/mol. The van der Waals surface area contributed by atoms with Crippen molar-refractivity contribution in [1.29, 1.82) is 0 Å². The van der Waals surface area contributed by atoms with E-state index in [2.05, 4.69) is 9.71 Å². The fourth-order valence-corrected chi connectivity index (χ4v) is 3.23. The average Bonchev–Trinajstić information content (AvgIpc) is 2.42. The Balaban J connectivity index is 2.06. The lowest BCUT2D eigenvalue weighted by Crippen LogP contribution is -2.26. The van der Waals surface area contributed by atoms with E-state index < -0.39 is 10.0 Å². The molecule has 3 N–H and O–H groups in total. The molecule has 5 nitrogen and oxygen atoms in total. The molecule has 2 rings (SSSR count). The maximum Gasteiger partial charge on any atom is 0.242 e. The number of nitrogen functional groups attached to an aromatic ring is 1. The van der Waals surface area contributed by atoms with Crippen LogP contribution in [0.4, 0.5) is 5.69 Å². The largest absolute Gasteiger partial charge is 0.399 e. The van der Waals surface area contributed by atoms with Gasteiger partial charge in [-0.15, -0.1) is 0 Å². The molecule has 0 radical (unpaired) electrons. The molecule has 0 amide bonds. The minimum atomic E-state index is -3.67. The highest BCUT2D eigenvalue weighted by Crippen LogP contribution is 2.23. The van der Waals surface area contributed by atoms with Crippen molar-refractivity contribution in [2.75, 3.05) is 12.3 Å². The Kier molecular flexibility index (Phi) is 4.59. The molecule has 7 heteroatoms. The molecule has 20 heavy (non-hydrogen) atoms. The second-order valence-corrected chi connectivity index (χ2v) is 6.30. The number of nitrogens with one attached hydrogen (secondary N) is 1. The summed E-state index contributed by atoms with van der Waals surface area (Å²) in [6.07, 6.45) is 2.17. The number of anilines is 1.